The molecule has 0 unspecified atom stereocenters. The van der Waals surface area contributed by atoms with Crippen LogP contribution in [-0.4, -0.2) is 34.5 Å². The van der Waals surface area contributed by atoms with E-state index >= 15 is 0 Å². The Morgan fingerprint density at radius 2 is 1.47 bits per heavy atom. The highest BCUT2D eigenvalue weighted by Crippen LogP contribution is 2.38. The summed E-state index contributed by atoms with van der Waals surface area (Å²) in [5.74, 6) is 2.84. The van der Waals surface area contributed by atoms with Gasteiger partial charge < -0.3 is 9.47 Å². The molecule has 2 aromatic rings. The third kappa shape index (κ3) is 8.15. The van der Waals surface area contributed by atoms with Crippen LogP contribution in [0, 0.1) is 11.8 Å². The fourth-order valence-corrected chi connectivity index (χ4v) is 3.54. The maximum absolute atomic E-state index is 11.2. The van der Waals surface area contributed by atoms with Gasteiger partial charge in [-0.25, -0.2) is 0 Å². The monoisotopic (exact) mass is 436 g/mol. The van der Waals surface area contributed by atoms with Crippen molar-refractivity contribution in [2.75, 3.05) is 26.1 Å². The minimum Gasteiger partial charge on any atom is -0.493 e. The summed E-state index contributed by atoms with van der Waals surface area (Å²) < 4.78 is 39.8. The molecule has 0 aliphatic carbocycles. The molecule has 0 atom stereocenters. The summed E-state index contributed by atoms with van der Waals surface area (Å²) in [6.45, 7) is 10.2. The molecule has 0 radical (unpaired) electrons. The zero-order chi connectivity index (χ0) is 22.1. The molecule has 2 rings (SSSR count). The molecule has 0 aliphatic rings. The number of hydrogen-bond donors (Lipinski definition) is 0. The predicted octanol–water partition coefficient (Wildman–Crippen LogP) is 5.60. The molecule has 0 bridgehead atoms. The maximum atomic E-state index is 11.2. The summed E-state index contributed by atoms with van der Waals surface area (Å²) in [6.07, 6.45) is 4.26. The first-order valence-electron chi connectivity index (χ1n) is 10.8. The van der Waals surface area contributed by atoms with Crippen molar-refractivity contribution in [3.8, 4) is 11.5 Å². The first-order valence-corrected chi connectivity index (χ1v) is 12.6. The zero-order valence-electron chi connectivity index (χ0n) is 18.9. The third-order valence-electron chi connectivity index (χ3n) is 4.82. The van der Waals surface area contributed by atoms with E-state index in [1.54, 1.807) is 0 Å². The van der Waals surface area contributed by atoms with Gasteiger partial charge in [-0.1, -0.05) is 52.0 Å². The molecule has 0 amide bonds. The smallest absolute Gasteiger partial charge is 0.264 e. The Hall–Kier alpha value is -1.79. The van der Waals surface area contributed by atoms with E-state index in [-0.39, 0.29) is 6.61 Å². The van der Waals surface area contributed by atoms with Crippen molar-refractivity contribution in [2.45, 2.75) is 53.4 Å². The standard InChI is InChI=1S/C24H36O5S/c1-18(2)12-15-27-23-17-20(9-8-14-29-30(5,25)26)24(28-16-13-19(3)4)22-11-7-6-10-21(22)23/h6-7,10-11,17-19H,8-9,12-16H2,1-5H3. The molecule has 30 heavy (non-hydrogen) atoms. The van der Waals surface area contributed by atoms with Gasteiger partial charge in [-0.15, -0.1) is 0 Å². The Bertz CT molecular complexity index is 903. The lowest BCUT2D eigenvalue weighted by molar-refractivity contribution is 0.282. The van der Waals surface area contributed by atoms with Crippen molar-refractivity contribution in [1.29, 1.82) is 0 Å². The van der Waals surface area contributed by atoms with Crippen LogP contribution in [0.25, 0.3) is 10.8 Å². The topological polar surface area (TPSA) is 61.8 Å². The van der Waals surface area contributed by atoms with Gasteiger partial charge in [0.1, 0.15) is 11.5 Å². The molecular weight excluding hydrogens is 400 g/mol. The Kier molecular flexibility index (Phi) is 9.43. The summed E-state index contributed by atoms with van der Waals surface area (Å²) in [4.78, 5) is 0. The lowest BCUT2D eigenvalue weighted by atomic mass is 10.0. The Labute approximate surface area is 181 Å². The average molecular weight is 437 g/mol. The summed E-state index contributed by atoms with van der Waals surface area (Å²) in [5.41, 5.74) is 1.02. The van der Waals surface area contributed by atoms with E-state index in [0.717, 1.165) is 46.9 Å². The molecule has 0 heterocycles. The normalized spacial score (nSPS) is 12.1. The number of ether oxygens (including phenoxy) is 2. The molecule has 0 N–H and O–H groups in total. The zero-order valence-corrected chi connectivity index (χ0v) is 19.8. The molecule has 0 saturated heterocycles. The van der Waals surface area contributed by atoms with Gasteiger partial charge in [0, 0.05) is 10.8 Å². The Balaban J connectivity index is 2.31. The molecule has 2 aromatic carbocycles. The van der Waals surface area contributed by atoms with E-state index in [1.807, 2.05) is 18.2 Å². The molecule has 0 aromatic heterocycles. The number of benzene rings is 2. The summed E-state index contributed by atoms with van der Waals surface area (Å²) in [7, 11) is -3.43. The minimum atomic E-state index is -3.43. The average Bonchev–Trinajstić information content (AvgIpc) is 2.65. The van der Waals surface area contributed by atoms with E-state index in [9.17, 15) is 8.42 Å². The van der Waals surface area contributed by atoms with Crippen LogP contribution in [0.5, 0.6) is 11.5 Å². The van der Waals surface area contributed by atoms with Crippen LogP contribution < -0.4 is 9.47 Å². The van der Waals surface area contributed by atoms with Gasteiger partial charge in [0.25, 0.3) is 10.1 Å². The molecule has 0 aliphatic heterocycles. The lowest BCUT2D eigenvalue weighted by Crippen LogP contribution is -2.08. The third-order valence-corrected chi connectivity index (χ3v) is 5.41. The first kappa shape index (κ1) is 24.5. The van der Waals surface area contributed by atoms with Crippen LogP contribution in [0.4, 0.5) is 0 Å². The number of rotatable bonds is 13. The van der Waals surface area contributed by atoms with Crippen LogP contribution in [0.15, 0.2) is 30.3 Å². The second-order valence-electron chi connectivity index (χ2n) is 8.60. The van der Waals surface area contributed by atoms with Crippen molar-refractivity contribution >= 4 is 20.9 Å². The highest BCUT2D eigenvalue weighted by molar-refractivity contribution is 7.85. The minimum absolute atomic E-state index is 0.153. The van der Waals surface area contributed by atoms with Crippen molar-refractivity contribution in [3.63, 3.8) is 0 Å². The molecule has 0 fully saturated rings. The lowest BCUT2D eigenvalue weighted by Gasteiger charge is -2.19. The highest BCUT2D eigenvalue weighted by Gasteiger charge is 2.15. The summed E-state index contributed by atoms with van der Waals surface area (Å²) >= 11 is 0. The number of fused-ring (bicyclic) bond motifs is 1. The van der Waals surface area contributed by atoms with E-state index in [4.69, 9.17) is 13.7 Å². The van der Waals surface area contributed by atoms with E-state index in [2.05, 4.69) is 39.8 Å². The molecule has 5 nitrogen and oxygen atoms in total. The van der Waals surface area contributed by atoms with Crippen LogP contribution in [-0.2, 0) is 20.7 Å². The highest BCUT2D eigenvalue weighted by atomic mass is 32.2. The summed E-state index contributed by atoms with van der Waals surface area (Å²) in [5, 5.41) is 2.07. The molecule has 6 heteroatoms. The second kappa shape index (κ2) is 11.6. The number of aryl methyl sites for hydroxylation is 1. The van der Waals surface area contributed by atoms with Gasteiger partial charge in [-0.2, -0.15) is 8.42 Å². The van der Waals surface area contributed by atoms with Crippen molar-refractivity contribution in [1.82, 2.24) is 0 Å². The van der Waals surface area contributed by atoms with Gasteiger partial charge in [-0.05, 0) is 49.1 Å². The van der Waals surface area contributed by atoms with Crippen LogP contribution in [0.2, 0.25) is 0 Å². The SMILES string of the molecule is CC(C)CCOc1cc(CCCOS(C)(=O)=O)c(OCCC(C)C)c2ccccc12. The summed E-state index contributed by atoms with van der Waals surface area (Å²) in [6, 6.07) is 10.2. The molecular formula is C24H36O5S. The van der Waals surface area contributed by atoms with E-state index < -0.39 is 10.1 Å². The second-order valence-corrected chi connectivity index (χ2v) is 10.2. The first-order chi connectivity index (χ1) is 14.2. The number of hydrogen-bond acceptors (Lipinski definition) is 5. The van der Waals surface area contributed by atoms with Gasteiger partial charge in [-0.3, -0.25) is 4.18 Å². The molecule has 0 spiro atoms. The van der Waals surface area contributed by atoms with Gasteiger partial charge in [0.2, 0.25) is 0 Å². The maximum Gasteiger partial charge on any atom is 0.264 e. The molecule has 0 saturated carbocycles. The van der Waals surface area contributed by atoms with E-state index in [0.29, 0.717) is 37.9 Å². The largest absolute Gasteiger partial charge is 0.493 e. The van der Waals surface area contributed by atoms with Gasteiger partial charge in [0.15, 0.2) is 0 Å². The van der Waals surface area contributed by atoms with Crippen LogP contribution >= 0.6 is 0 Å². The molecule has 168 valence electrons. The van der Waals surface area contributed by atoms with Crippen LogP contribution in [0.1, 0.15) is 52.5 Å². The Morgan fingerprint density at radius 3 is 2.07 bits per heavy atom. The fraction of sp³-hybridized carbons (Fsp3) is 0.583. The van der Waals surface area contributed by atoms with Crippen LogP contribution in [0.3, 0.4) is 0 Å². The fourth-order valence-electron chi connectivity index (χ4n) is 3.12. The van der Waals surface area contributed by atoms with Crippen molar-refractivity contribution in [2.24, 2.45) is 11.8 Å². The van der Waals surface area contributed by atoms with E-state index in [1.165, 1.54) is 0 Å². The van der Waals surface area contributed by atoms with Crippen molar-refractivity contribution < 1.29 is 22.1 Å². The van der Waals surface area contributed by atoms with Gasteiger partial charge >= 0.3 is 0 Å². The van der Waals surface area contributed by atoms with Crippen molar-refractivity contribution in [3.05, 3.63) is 35.9 Å². The predicted molar refractivity (Wildman–Crippen MR) is 123 cm³/mol. The van der Waals surface area contributed by atoms with Gasteiger partial charge in [0.05, 0.1) is 26.1 Å². The Morgan fingerprint density at radius 1 is 0.867 bits per heavy atom. The quantitative estimate of drug-likeness (QED) is 0.302.